The first-order valence-corrected chi connectivity index (χ1v) is 8.69. The number of rotatable bonds is 4. The molecule has 5 heteroatoms. The van der Waals surface area contributed by atoms with Crippen LogP contribution in [0.5, 0.6) is 11.5 Å². The second-order valence-corrected chi connectivity index (χ2v) is 8.28. The maximum atomic E-state index is 5.88. The van der Waals surface area contributed by atoms with Crippen molar-refractivity contribution in [2.24, 2.45) is 0 Å². The van der Waals surface area contributed by atoms with Crippen LogP contribution in [0.3, 0.4) is 0 Å². The zero-order valence-electron chi connectivity index (χ0n) is 15.8. The van der Waals surface area contributed by atoms with E-state index in [4.69, 9.17) is 7.70 Å². The number of hydrogen-bond acceptors (Lipinski definition) is 2. The molecule has 25 heavy (non-hydrogen) atoms. The van der Waals surface area contributed by atoms with Gasteiger partial charge < -0.3 is 11.0 Å². The Labute approximate surface area is 157 Å². The predicted octanol–water partition coefficient (Wildman–Crippen LogP) is 4.00. The fourth-order valence-electron chi connectivity index (χ4n) is 2.36. The first-order valence-electron chi connectivity index (χ1n) is 7.84. The van der Waals surface area contributed by atoms with E-state index in [1.807, 2.05) is 36.4 Å². The summed E-state index contributed by atoms with van der Waals surface area (Å²) in [5, 5.41) is 0. The minimum Gasteiger partial charge on any atom is -0.412 e. The van der Waals surface area contributed by atoms with Crippen LogP contribution in [-0.4, -0.2) is 11.0 Å². The SMILES string of the molecule is CC(C)(C)c1ccccc1[O][Co][O]c1ccccc1C(C)(C)C.O.O. The summed E-state index contributed by atoms with van der Waals surface area (Å²) < 4.78 is 11.8. The number of para-hydroxylation sites is 2. The molecule has 4 nitrogen and oxygen atoms in total. The summed E-state index contributed by atoms with van der Waals surface area (Å²) in [6, 6.07) is 16.3. The van der Waals surface area contributed by atoms with Crippen molar-refractivity contribution in [2.75, 3.05) is 0 Å². The minimum absolute atomic E-state index is 0. The van der Waals surface area contributed by atoms with E-state index in [9.17, 15) is 0 Å². The molecule has 2 aromatic carbocycles. The van der Waals surface area contributed by atoms with Gasteiger partial charge in [-0.05, 0) is 0 Å². The Hall–Kier alpha value is -1.53. The van der Waals surface area contributed by atoms with E-state index < -0.39 is 0 Å². The van der Waals surface area contributed by atoms with Crippen LogP contribution in [0.1, 0.15) is 52.7 Å². The molecule has 0 atom stereocenters. The zero-order chi connectivity index (χ0) is 17.1. The van der Waals surface area contributed by atoms with Crippen molar-refractivity contribution in [3.05, 3.63) is 59.7 Å². The summed E-state index contributed by atoms with van der Waals surface area (Å²) in [4.78, 5) is 0. The van der Waals surface area contributed by atoms with Crippen molar-refractivity contribution in [3.8, 4) is 11.5 Å². The van der Waals surface area contributed by atoms with Gasteiger partial charge in [-0.2, -0.15) is 0 Å². The molecule has 0 spiro atoms. The van der Waals surface area contributed by atoms with E-state index in [0.29, 0.717) is 15.3 Å². The molecule has 0 aliphatic rings. The van der Waals surface area contributed by atoms with Gasteiger partial charge in [-0.15, -0.1) is 0 Å². The summed E-state index contributed by atoms with van der Waals surface area (Å²) in [5.41, 5.74) is 2.43. The van der Waals surface area contributed by atoms with E-state index >= 15 is 0 Å². The molecule has 0 saturated carbocycles. The Bertz CT molecular complexity index is 600. The van der Waals surface area contributed by atoms with Crippen molar-refractivity contribution in [1.82, 2.24) is 0 Å². The van der Waals surface area contributed by atoms with Crippen LogP contribution in [0.2, 0.25) is 0 Å². The molecule has 0 radical (unpaired) electrons. The maximum absolute atomic E-state index is 5.88. The molecular weight excluding hydrogens is 363 g/mol. The molecule has 0 bridgehead atoms. The van der Waals surface area contributed by atoms with Crippen molar-refractivity contribution < 1.29 is 34.0 Å². The van der Waals surface area contributed by atoms with Crippen molar-refractivity contribution in [3.63, 3.8) is 0 Å². The fraction of sp³-hybridized carbons (Fsp3) is 0.400. The van der Waals surface area contributed by atoms with Crippen LogP contribution in [0, 0.1) is 0 Å². The molecule has 0 aromatic heterocycles. The summed E-state index contributed by atoms with van der Waals surface area (Å²) in [7, 11) is 0. The third-order valence-corrected chi connectivity index (χ3v) is 4.22. The van der Waals surface area contributed by atoms with E-state index in [2.05, 4.69) is 53.7 Å². The van der Waals surface area contributed by atoms with Gasteiger partial charge in [-0.1, -0.05) is 0 Å². The Kier molecular flexibility index (Phi) is 8.68. The molecular formula is C20H30CoO4. The van der Waals surface area contributed by atoms with Gasteiger partial charge in [0.15, 0.2) is 0 Å². The second-order valence-electron chi connectivity index (χ2n) is 7.68. The Morgan fingerprint density at radius 3 is 1.24 bits per heavy atom. The van der Waals surface area contributed by atoms with E-state index in [1.54, 1.807) is 0 Å². The van der Waals surface area contributed by atoms with Crippen LogP contribution in [-0.2, 0) is 26.2 Å². The van der Waals surface area contributed by atoms with Gasteiger partial charge in [-0.25, -0.2) is 0 Å². The topological polar surface area (TPSA) is 81.5 Å². The minimum atomic E-state index is 0. The molecule has 4 N–H and O–H groups in total. The molecule has 0 saturated heterocycles. The molecule has 0 unspecified atom stereocenters. The van der Waals surface area contributed by atoms with Gasteiger partial charge in [-0.3, -0.25) is 0 Å². The Morgan fingerprint density at radius 1 is 0.600 bits per heavy atom. The molecule has 0 fully saturated rings. The van der Waals surface area contributed by atoms with Gasteiger partial charge in [0.05, 0.1) is 0 Å². The predicted molar refractivity (Wildman–Crippen MR) is 98.8 cm³/mol. The first kappa shape index (κ1) is 23.5. The Morgan fingerprint density at radius 2 is 0.920 bits per heavy atom. The van der Waals surface area contributed by atoms with Gasteiger partial charge in [0.1, 0.15) is 0 Å². The monoisotopic (exact) mass is 393 g/mol. The van der Waals surface area contributed by atoms with Crippen LogP contribution < -0.4 is 7.70 Å². The zero-order valence-corrected chi connectivity index (χ0v) is 16.8. The average molecular weight is 393 g/mol. The normalized spacial score (nSPS) is 11.3. The van der Waals surface area contributed by atoms with Gasteiger partial charge in [0.2, 0.25) is 0 Å². The quantitative estimate of drug-likeness (QED) is 0.787. The van der Waals surface area contributed by atoms with Crippen LogP contribution in [0.15, 0.2) is 48.5 Å². The number of benzene rings is 2. The maximum Gasteiger partial charge on any atom is -0.412 e. The van der Waals surface area contributed by atoms with Crippen LogP contribution >= 0.6 is 0 Å². The third-order valence-electron chi connectivity index (χ3n) is 3.59. The summed E-state index contributed by atoms with van der Waals surface area (Å²) in [5.74, 6) is 1.74. The van der Waals surface area contributed by atoms with Crippen LogP contribution in [0.4, 0.5) is 0 Å². The van der Waals surface area contributed by atoms with E-state index in [-0.39, 0.29) is 21.8 Å². The van der Waals surface area contributed by atoms with Crippen LogP contribution in [0.25, 0.3) is 0 Å². The van der Waals surface area contributed by atoms with E-state index in [1.165, 1.54) is 11.1 Å². The molecule has 2 aromatic rings. The summed E-state index contributed by atoms with van der Waals surface area (Å²) in [6.07, 6.45) is 0. The first-order chi connectivity index (χ1) is 10.7. The largest absolute Gasteiger partial charge is 0.412 e. The molecule has 0 amide bonds. The van der Waals surface area contributed by atoms with E-state index in [0.717, 1.165) is 11.5 Å². The van der Waals surface area contributed by atoms with Crippen molar-refractivity contribution >= 4 is 0 Å². The average Bonchev–Trinajstić information content (AvgIpc) is 2.46. The summed E-state index contributed by atoms with van der Waals surface area (Å²) >= 11 is 0.513. The van der Waals surface area contributed by atoms with Gasteiger partial charge >= 0.3 is 147 Å². The molecule has 0 aliphatic heterocycles. The molecule has 0 heterocycles. The third kappa shape index (κ3) is 6.36. The second kappa shape index (κ2) is 9.24. The summed E-state index contributed by atoms with van der Waals surface area (Å²) in [6.45, 7) is 13.1. The molecule has 0 aliphatic carbocycles. The Balaban J connectivity index is 0.00000288. The van der Waals surface area contributed by atoms with Gasteiger partial charge in [0.25, 0.3) is 0 Å². The molecule has 143 valence electrons. The van der Waals surface area contributed by atoms with Crippen molar-refractivity contribution in [2.45, 2.75) is 52.4 Å². The van der Waals surface area contributed by atoms with Crippen molar-refractivity contribution in [1.29, 1.82) is 0 Å². The smallest absolute Gasteiger partial charge is 0.412 e. The number of hydrogen-bond donors (Lipinski definition) is 0. The van der Waals surface area contributed by atoms with Gasteiger partial charge in [0, 0.05) is 0 Å². The standard InChI is InChI=1S/2C10H14O.Co.2H2O/c2*1-10(2,3)8-6-4-5-7-9(8)11;;;/h2*4-7,11H,1-3H3;;2*1H2/q;;+2;;/p-2. The molecule has 2 rings (SSSR count). The fourth-order valence-corrected chi connectivity index (χ4v) is 2.97.